The number of anilines is 1. The Morgan fingerprint density at radius 3 is 2.78 bits per heavy atom. The predicted molar refractivity (Wildman–Crippen MR) is 107 cm³/mol. The number of morpholine rings is 1. The molecule has 1 fully saturated rings. The van der Waals surface area contributed by atoms with Crippen LogP contribution in [0.3, 0.4) is 0 Å². The van der Waals surface area contributed by atoms with E-state index in [2.05, 4.69) is 26.6 Å². The fraction of sp³-hybridized carbons (Fsp3) is 0.400. The Hall–Kier alpha value is -2.15. The van der Waals surface area contributed by atoms with Crippen LogP contribution in [0.5, 0.6) is 0 Å². The smallest absolute Gasteiger partial charge is 0.269 e. The minimum Gasteiger partial charge on any atom is -0.383 e. The summed E-state index contributed by atoms with van der Waals surface area (Å²) in [6.45, 7) is 5.58. The van der Waals surface area contributed by atoms with Crippen molar-refractivity contribution in [3.63, 3.8) is 0 Å². The van der Waals surface area contributed by atoms with Gasteiger partial charge in [0.1, 0.15) is 5.69 Å². The van der Waals surface area contributed by atoms with Crippen LogP contribution in [-0.4, -0.2) is 61.7 Å². The summed E-state index contributed by atoms with van der Waals surface area (Å²) < 4.78 is 5.32. The molecule has 0 bridgehead atoms. The van der Waals surface area contributed by atoms with Crippen LogP contribution >= 0.6 is 11.6 Å². The maximum absolute atomic E-state index is 12.2. The van der Waals surface area contributed by atoms with E-state index in [1.807, 2.05) is 24.3 Å². The maximum Gasteiger partial charge on any atom is 0.269 e. The van der Waals surface area contributed by atoms with E-state index < -0.39 is 0 Å². The fourth-order valence-electron chi connectivity index (χ4n) is 2.92. The zero-order valence-corrected chi connectivity index (χ0v) is 16.0. The molecular formula is C20H25ClN4O2. The number of nitrogens with zero attached hydrogens (tertiary/aromatic N) is 2. The van der Waals surface area contributed by atoms with Gasteiger partial charge in [0.2, 0.25) is 0 Å². The standard InChI is InChI=1S/C20H25ClN4O2/c21-17-3-1-2-16(14-17)6-7-22-18-4-5-19(24-15-18)20(26)23-8-9-25-10-12-27-13-11-25/h1-5,14-15,22H,6-13H2,(H,23,26). The zero-order valence-electron chi connectivity index (χ0n) is 15.3. The molecule has 27 heavy (non-hydrogen) atoms. The van der Waals surface area contributed by atoms with E-state index >= 15 is 0 Å². The molecule has 1 aliphatic heterocycles. The predicted octanol–water partition coefficient (Wildman–Crippen LogP) is 2.45. The van der Waals surface area contributed by atoms with Gasteiger partial charge < -0.3 is 15.4 Å². The summed E-state index contributed by atoms with van der Waals surface area (Å²) in [7, 11) is 0. The first kappa shape index (κ1) is 19.6. The second-order valence-corrected chi connectivity index (χ2v) is 6.89. The Balaban J connectivity index is 1.39. The number of halogens is 1. The highest BCUT2D eigenvalue weighted by Crippen LogP contribution is 2.12. The van der Waals surface area contributed by atoms with Crippen molar-refractivity contribution in [1.29, 1.82) is 0 Å². The molecule has 1 saturated heterocycles. The van der Waals surface area contributed by atoms with Crippen molar-refractivity contribution in [2.75, 3.05) is 51.3 Å². The highest BCUT2D eigenvalue weighted by Gasteiger charge is 2.11. The number of hydrogen-bond acceptors (Lipinski definition) is 5. The molecule has 2 heterocycles. The molecule has 144 valence electrons. The summed E-state index contributed by atoms with van der Waals surface area (Å²) in [4.78, 5) is 18.7. The minimum atomic E-state index is -0.145. The normalized spacial score (nSPS) is 14.7. The third kappa shape index (κ3) is 6.50. The summed E-state index contributed by atoms with van der Waals surface area (Å²) >= 11 is 5.99. The average molecular weight is 389 g/mol. The van der Waals surface area contributed by atoms with Gasteiger partial charge in [-0.1, -0.05) is 23.7 Å². The number of aromatic nitrogens is 1. The van der Waals surface area contributed by atoms with Gasteiger partial charge in [0.25, 0.3) is 5.91 Å². The number of nitrogens with one attached hydrogen (secondary N) is 2. The first-order valence-electron chi connectivity index (χ1n) is 9.23. The maximum atomic E-state index is 12.2. The van der Waals surface area contributed by atoms with E-state index in [9.17, 15) is 4.79 Å². The van der Waals surface area contributed by atoms with Gasteiger partial charge in [-0.25, -0.2) is 4.98 Å². The summed E-state index contributed by atoms with van der Waals surface area (Å²) in [5.74, 6) is -0.145. The second kappa shape index (κ2) is 10.3. The number of hydrogen-bond donors (Lipinski definition) is 2. The molecule has 1 aromatic heterocycles. The lowest BCUT2D eigenvalue weighted by molar-refractivity contribution is 0.0383. The summed E-state index contributed by atoms with van der Waals surface area (Å²) in [6.07, 6.45) is 2.55. The van der Waals surface area contributed by atoms with E-state index in [1.54, 1.807) is 12.3 Å². The van der Waals surface area contributed by atoms with Crippen LogP contribution < -0.4 is 10.6 Å². The topological polar surface area (TPSA) is 66.5 Å². The quantitative estimate of drug-likeness (QED) is 0.727. The Labute approximate surface area is 164 Å². The van der Waals surface area contributed by atoms with Gasteiger partial charge in [-0.2, -0.15) is 0 Å². The van der Waals surface area contributed by atoms with Crippen molar-refractivity contribution < 1.29 is 9.53 Å². The third-order valence-corrected chi connectivity index (χ3v) is 4.68. The molecule has 1 aliphatic rings. The molecule has 0 radical (unpaired) electrons. The van der Waals surface area contributed by atoms with Gasteiger partial charge >= 0.3 is 0 Å². The molecule has 1 amide bonds. The fourth-order valence-corrected chi connectivity index (χ4v) is 3.13. The number of carbonyl (C=O) groups is 1. The molecule has 0 unspecified atom stereocenters. The summed E-state index contributed by atoms with van der Waals surface area (Å²) in [5, 5.41) is 6.98. The van der Waals surface area contributed by atoms with E-state index in [0.29, 0.717) is 12.2 Å². The van der Waals surface area contributed by atoms with Gasteiger partial charge in [0, 0.05) is 37.7 Å². The van der Waals surface area contributed by atoms with Gasteiger partial charge in [-0.05, 0) is 36.2 Å². The van der Waals surface area contributed by atoms with Crippen LogP contribution in [0.4, 0.5) is 5.69 Å². The lowest BCUT2D eigenvalue weighted by atomic mass is 10.1. The highest BCUT2D eigenvalue weighted by molar-refractivity contribution is 6.30. The molecule has 1 aromatic carbocycles. The first-order valence-corrected chi connectivity index (χ1v) is 9.61. The molecule has 0 spiro atoms. The van der Waals surface area contributed by atoms with Crippen LogP contribution in [-0.2, 0) is 11.2 Å². The minimum absolute atomic E-state index is 0.145. The van der Waals surface area contributed by atoms with Crippen molar-refractivity contribution in [2.45, 2.75) is 6.42 Å². The van der Waals surface area contributed by atoms with Gasteiger partial charge in [0.05, 0.1) is 25.1 Å². The summed E-state index contributed by atoms with van der Waals surface area (Å²) in [5.41, 5.74) is 2.50. The first-order chi connectivity index (χ1) is 13.2. The number of amides is 1. The second-order valence-electron chi connectivity index (χ2n) is 6.45. The Morgan fingerprint density at radius 1 is 1.19 bits per heavy atom. The molecule has 2 aromatic rings. The van der Waals surface area contributed by atoms with Crippen molar-refractivity contribution >= 4 is 23.2 Å². The number of benzene rings is 1. The van der Waals surface area contributed by atoms with Crippen LogP contribution in [0, 0.1) is 0 Å². The average Bonchev–Trinajstić information content (AvgIpc) is 2.69. The monoisotopic (exact) mass is 388 g/mol. The lowest BCUT2D eigenvalue weighted by Crippen LogP contribution is -2.41. The SMILES string of the molecule is O=C(NCCN1CCOCC1)c1ccc(NCCc2cccc(Cl)c2)cn1. The molecule has 2 N–H and O–H groups in total. The molecule has 6 nitrogen and oxygen atoms in total. The molecule has 3 rings (SSSR count). The molecule has 0 aliphatic carbocycles. The third-order valence-electron chi connectivity index (χ3n) is 4.45. The van der Waals surface area contributed by atoms with Crippen molar-refractivity contribution in [2.24, 2.45) is 0 Å². The zero-order chi connectivity index (χ0) is 18.9. The number of carbonyl (C=O) groups excluding carboxylic acids is 1. The molecular weight excluding hydrogens is 364 g/mol. The lowest BCUT2D eigenvalue weighted by Gasteiger charge is -2.26. The number of pyridine rings is 1. The molecule has 0 saturated carbocycles. The van der Waals surface area contributed by atoms with Crippen molar-refractivity contribution in [1.82, 2.24) is 15.2 Å². The van der Waals surface area contributed by atoms with Crippen LogP contribution in [0.15, 0.2) is 42.6 Å². The number of ether oxygens (including phenoxy) is 1. The van der Waals surface area contributed by atoms with Gasteiger partial charge in [-0.3, -0.25) is 9.69 Å². The summed E-state index contributed by atoms with van der Waals surface area (Å²) in [6, 6.07) is 11.5. The number of rotatable bonds is 8. The van der Waals surface area contributed by atoms with Crippen molar-refractivity contribution in [3.05, 3.63) is 58.9 Å². The van der Waals surface area contributed by atoms with Crippen molar-refractivity contribution in [3.8, 4) is 0 Å². The van der Waals surface area contributed by atoms with E-state index in [0.717, 1.165) is 56.5 Å². The van der Waals surface area contributed by atoms with Crippen LogP contribution in [0.1, 0.15) is 16.1 Å². The van der Waals surface area contributed by atoms with E-state index in [1.165, 1.54) is 5.56 Å². The Bertz CT molecular complexity index is 733. The van der Waals surface area contributed by atoms with Crippen LogP contribution in [0.25, 0.3) is 0 Å². The van der Waals surface area contributed by atoms with Crippen LogP contribution in [0.2, 0.25) is 5.02 Å². The Kier molecular flexibility index (Phi) is 7.45. The molecule has 7 heteroatoms. The highest BCUT2D eigenvalue weighted by atomic mass is 35.5. The molecule has 0 atom stereocenters. The van der Waals surface area contributed by atoms with Gasteiger partial charge in [0.15, 0.2) is 0 Å². The van der Waals surface area contributed by atoms with E-state index in [4.69, 9.17) is 16.3 Å². The Morgan fingerprint density at radius 2 is 2.04 bits per heavy atom. The van der Waals surface area contributed by atoms with Gasteiger partial charge in [-0.15, -0.1) is 0 Å². The van der Waals surface area contributed by atoms with E-state index in [-0.39, 0.29) is 5.91 Å². The largest absolute Gasteiger partial charge is 0.383 e.